The summed E-state index contributed by atoms with van der Waals surface area (Å²) in [6.45, 7) is 3.45. The molecule has 31 heavy (non-hydrogen) atoms. The fourth-order valence-electron chi connectivity index (χ4n) is 3.38. The largest absolute Gasteiger partial charge is 0.573 e. The molecule has 1 aliphatic heterocycles. The van der Waals surface area contributed by atoms with Crippen LogP contribution in [0.2, 0.25) is 0 Å². The molecule has 1 aliphatic rings. The third-order valence-electron chi connectivity index (χ3n) is 5.02. The molecule has 0 spiro atoms. The van der Waals surface area contributed by atoms with E-state index < -0.39 is 6.36 Å². The van der Waals surface area contributed by atoms with Gasteiger partial charge in [0.25, 0.3) is 0 Å². The molecule has 2 N–H and O–H groups in total. The van der Waals surface area contributed by atoms with Crippen molar-refractivity contribution in [2.45, 2.75) is 26.1 Å². The lowest BCUT2D eigenvalue weighted by atomic mass is 9.96. The fraction of sp³-hybridized carbons (Fsp3) is 0.364. The van der Waals surface area contributed by atoms with E-state index in [2.05, 4.69) is 15.4 Å². The molecule has 2 aromatic rings. The van der Waals surface area contributed by atoms with Crippen molar-refractivity contribution in [1.82, 2.24) is 4.90 Å². The van der Waals surface area contributed by atoms with Crippen molar-refractivity contribution in [2.75, 3.05) is 30.3 Å². The van der Waals surface area contributed by atoms with Gasteiger partial charge in [0.2, 0.25) is 11.8 Å². The van der Waals surface area contributed by atoms with Gasteiger partial charge in [-0.2, -0.15) is 0 Å². The number of aryl methyl sites for hydroxylation is 1. The smallest absolute Gasteiger partial charge is 0.406 e. The van der Waals surface area contributed by atoms with Crippen LogP contribution in [-0.4, -0.2) is 42.7 Å². The second-order valence-electron chi connectivity index (χ2n) is 7.53. The van der Waals surface area contributed by atoms with Crippen LogP contribution in [0.4, 0.5) is 24.5 Å². The van der Waals surface area contributed by atoms with Gasteiger partial charge in [-0.3, -0.25) is 14.5 Å². The number of alkyl halides is 3. The van der Waals surface area contributed by atoms with Gasteiger partial charge < -0.3 is 15.4 Å². The van der Waals surface area contributed by atoms with Crippen LogP contribution in [0.5, 0.6) is 5.75 Å². The van der Waals surface area contributed by atoms with Gasteiger partial charge in [-0.05, 0) is 69.3 Å². The van der Waals surface area contributed by atoms with E-state index in [-0.39, 0.29) is 30.0 Å². The number of hydrogen-bond donors (Lipinski definition) is 2. The third-order valence-corrected chi connectivity index (χ3v) is 5.02. The van der Waals surface area contributed by atoms with E-state index in [1.54, 1.807) is 0 Å². The van der Waals surface area contributed by atoms with Crippen molar-refractivity contribution < 1.29 is 27.5 Å². The van der Waals surface area contributed by atoms with Crippen LogP contribution in [0.1, 0.15) is 18.4 Å². The van der Waals surface area contributed by atoms with Gasteiger partial charge in [0.1, 0.15) is 5.75 Å². The van der Waals surface area contributed by atoms with Crippen LogP contribution in [0.25, 0.3) is 0 Å². The minimum absolute atomic E-state index is 0.104. The van der Waals surface area contributed by atoms with E-state index in [0.29, 0.717) is 31.6 Å². The number of nitrogens with one attached hydrogen (secondary N) is 2. The van der Waals surface area contributed by atoms with Gasteiger partial charge in [0.05, 0.1) is 6.54 Å². The highest BCUT2D eigenvalue weighted by molar-refractivity contribution is 5.93. The average molecular weight is 435 g/mol. The van der Waals surface area contributed by atoms with E-state index in [1.165, 1.54) is 12.1 Å². The Morgan fingerprint density at radius 3 is 2.10 bits per heavy atom. The number of likely N-dealkylation sites (tertiary alicyclic amines) is 1. The number of benzene rings is 2. The van der Waals surface area contributed by atoms with Crippen molar-refractivity contribution in [3.05, 3.63) is 54.1 Å². The molecule has 0 radical (unpaired) electrons. The lowest BCUT2D eigenvalue weighted by Gasteiger charge is -2.30. The Labute approximate surface area is 178 Å². The molecule has 0 atom stereocenters. The first kappa shape index (κ1) is 22.6. The average Bonchev–Trinajstić information content (AvgIpc) is 2.70. The van der Waals surface area contributed by atoms with Gasteiger partial charge in [-0.1, -0.05) is 17.7 Å². The van der Waals surface area contributed by atoms with Crippen molar-refractivity contribution in [3.8, 4) is 5.75 Å². The van der Waals surface area contributed by atoms with Gasteiger partial charge in [0.15, 0.2) is 0 Å². The van der Waals surface area contributed by atoms with E-state index in [0.717, 1.165) is 23.4 Å². The zero-order chi connectivity index (χ0) is 22.4. The number of anilines is 2. The molecule has 9 heteroatoms. The summed E-state index contributed by atoms with van der Waals surface area (Å²) in [7, 11) is 0. The summed E-state index contributed by atoms with van der Waals surface area (Å²) < 4.78 is 40.4. The number of halogens is 3. The van der Waals surface area contributed by atoms with E-state index in [4.69, 9.17) is 0 Å². The molecule has 166 valence electrons. The lowest BCUT2D eigenvalue weighted by Crippen LogP contribution is -2.41. The van der Waals surface area contributed by atoms with E-state index >= 15 is 0 Å². The van der Waals surface area contributed by atoms with Crippen LogP contribution in [0, 0.1) is 12.8 Å². The molecular formula is C22H24F3N3O3. The third kappa shape index (κ3) is 7.29. The van der Waals surface area contributed by atoms with Crippen LogP contribution in [-0.2, 0) is 9.59 Å². The Balaban J connectivity index is 1.42. The van der Waals surface area contributed by atoms with Crippen LogP contribution >= 0.6 is 0 Å². The maximum atomic E-state index is 12.5. The molecule has 1 fully saturated rings. The monoisotopic (exact) mass is 435 g/mol. The highest BCUT2D eigenvalue weighted by Gasteiger charge is 2.31. The second kappa shape index (κ2) is 9.82. The first-order chi connectivity index (χ1) is 14.7. The topological polar surface area (TPSA) is 70.7 Å². The molecule has 0 unspecified atom stereocenters. The Kier molecular flexibility index (Phi) is 7.17. The Morgan fingerprint density at radius 2 is 1.52 bits per heavy atom. The summed E-state index contributed by atoms with van der Waals surface area (Å²) >= 11 is 0. The number of rotatable bonds is 6. The molecule has 0 aromatic heterocycles. The number of amides is 2. The van der Waals surface area contributed by atoms with E-state index in [9.17, 15) is 22.8 Å². The lowest BCUT2D eigenvalue weighted by molar-refractivity contribution is -0.274. The summed E-state index contributed by atoms with van der Waals surface area (Å²) in [4.78, 5) is 26.7. The molecule has 0 aliphatic carbocycles. The minimum atomic E-state index is -4.75. The maximum Gasteiger partial charge on any atom is 0.573 e. The van der Waals surface area contributed by atoms with Crippen molar-refractivity contribution >= 4 is 23.2 Å². The van der Waals surface area contributed by atoms with E-state index in [1.807, 2.05) is 36.1 Å². The van der Waals surface area contributed by atoms with Crippen molar-refractivity contribution in [2.24, 2.45) is 5.92 Å². The van der Waals surface area contributed by atoms with Crippen LogP contribution < -0.4 is 15.4 Å². The summed E-state index contributed by atoms with van der Waals surface area (Å²) in [5.74, 6) is -0.855. The molecule has 1 saturated heterocycles. The molecule has 0 bridgehead atoms. The first-order valence-electron chi connectivity index (χ1n) is 9.93. The standard InChI is InChI=1S/C22H24F3N3O3/c1-15-2-4-17(5-3-15)26-20(29)14-28-12-10-16(11-13-28)21(30)27-18-6-8-19(9-7-18)31-22(23,24)25/h2-9,16H,10-14H2,1H3,(H,26,29)(H,27,30). The highest BCUT2D eigenvalue weighted by Crippen LogP contribution is 2.25. The maximum absolute atomic E-state index is 12.5. The number of carbonyl (C=O) groups excluding carboxylic acids is 2. The number of hydrogen-bond acceptors (Lipinski definition) is 4. The minimum Gasteiger partial charge on any atom is -0.406 e. The molecule has 6 nitrogen and oxygen atoms in total. The number of ether oxygens (including phenoxy) is 1. The predicted molar refractivity (Wildman–Crippen MR) is 111 cm³/mol. The zero-order valence-corrected chi connectivity index (χ0v) is 17.0. The molecule has 2 aromatic carbocycles. The number of carbonyl (C=O) groups is 2. The Bertz CT molecular complexity index is 891. The Morgan fingerprint density at radius 1 is 0.968 bits per heavy atom. The SMILES string of the molecule is Cc1ccc(NC(=O)CN2CCC(C(=O)Nc3ccc(OC(F)(F)F)cc3)CC2)cc1. The quantitative estimate of drug-likeness (QED) is 0.714. The highest BCUT2D eigenvalue weighted by atomic mass is 19.4. The summed E-state index contributed by atoms with van der Waals surface area (Å²) in [5, 5.41) is 5.58. The molecule has 3 rings (SSSR count). The number of piperidine rings is 1. The summed E-state index contributed by atoms with van der Waals surface area (Å²) in [5.41, 5.74) is 2.26. The fourth-order valence-corrected chi connectivity index (χ4v) is 3.38. The predicted octanol–water partition coefficient (Wildman–Crippen LogP) is 4.18. The first-order valence-corrected chi connectivity index (χ1v) is 9.93. The van der Waals surface area contributed by atoms with Crippen molar-refractivity contribution in [3.63, 3.8) is 0 Å². The van der Waals surface area contributed by atoms with Crippen molar-refractivity contribution in [1.29, 1.82) is 0 Å². The second-order valence-corrected chi connectivity index (χ2v) is 7.53. The zero-order valence-electron chi connectivity index (χ0n) is 17.0. The number of nitrogens with zero attached hydrogens (tertiary/aromatic N) is 1. The Hall–Kier alpha value is -3.07. The van der Waals surface area contributed by atoms with Gasteiger partial charge in [0, 0.05) is 17.3 Å². The van der Waals surface area contributed by atoms with Gasteiger partial charge in [-0.25, -0.2) is 0 Å². The summed E-state index contributed by atoms with van der Waals surface area (Å²) in [6, 6.07) is 12.6. The van der Waals surface area contributed by atoms with Crippen LogP contribution in [0.15, 0.2) is 48.5 Å². The molecule has 2 amide bonds. The van der Waals surface area contributed by atoms with Gasteiger partial charge in [-0.15, -0.1) is 13.2 Å². The molecule has 1 heterocycles. The van der Waals surface area contributed by atoms with Gasteiger partial charge >= 0.3 is 6.36 Å². The normalized spacial score (nSPS) is 15.4. The summed E-state index contributed by atoms with van der Waals surface area (Å²) in [6.07, 6.45) is -3.56. The van der Waals surface area contributed by atoms with Crippen LogP contribution in [0.3, 0.4) is 0 Å². The molecule has 0 saturated carbocycles. The molecular weight excluding hydrogens is 411 g/mol.